The topological polar surface area (TPSA) is 97.7 Å². The number of benzene rings is 3. The molecule has 0 spiro atoms. The van der Waals surface area contributed by atoms with Gasteiger partial charge in [0.2, 0.25) is 0 Å². The summed E-state index contributed by atoms with van der Waals surface area (Å²) in [6, 6.07) is 19.8. The number of rotatable bonds is 11. The molecule has 1 fully saturated rings. The van der Waals surface area contributed by atoms with Gasteiger partial charge in [-0.2, -0.15) is 0 Å². The van der Waals surface area contributed by atoms with Crippen LogP contribution in [-0.2, 0) is 16.1 Å². The zero-order chi connectivity index (χ0) is 27.8. The SMILES string of the molecule is CCOCCN1C(=O)/C(=C/c2cc(I)c(OCc3ccc(C(=O)O)cc3)c(OC)c2)SC1=Nc1ccccc1. The molecule has 39 heavy (non-hydrogen) atoms. The third kappa shape index (κ3) is 7.40. The average molecular weight is 659 g/mol. The van der Waals surface area contributed by atoms with Crippen LogP contribution in [0.5, 0.6) is 11.5 Å². The fourth-order valence-electron chi connectivity index (χ4n) is 3.72. The van der Waals surface area contributed by atoms with Crippen molar-refractivity contribution in [2.75, 3.05) is 26.9 Å². The Kier molecular flexibility index (Phi) is 10.0. The smallest absolute Gasteiger partial charge is 0.335 e. The first-order valence-electron chi connectivity index (χ1n) is 12.1. The highest BCUT2D eigenvalue weighted by molar-refractivity contribution is 14.1. The fourth-order valence-corrected chi connectivity index (χ4v) is 5.52. The molecule has 0 bridgehead atoms. The molecule has 0 atom stereocenters. The van der Waals surface area contributed by atoms with Crippen LogP contribution in [0, 0.1) is 3.57 Å². The second-order valence-corrected chi connectivity index (χ2v) is 10.5. The van der Waals surface area contributed by atoms with Gasteiger partial charge in [0.05, 0.1) is 40.0 Å². The molecule has 1 aliphatic rings. The van der Waals surface area contributed by atoms with Crippen LogP contribution in [0.3, 0.4) is 0 Å². The number of hydrogen-bond acceptors (Lipinski definition) is 7. The Morgan fingerprint density at radius 3 is 2.54 bits per heavy atom. The molecular formula is C29H27IN2O6S. The number of amides is 1. The van der Waals surface area contributed by atoms with Gasteiger partial charge >= 0.3 is 5.97 Å². The quantitative estimate of drug-likeness (QED) is 0.149. The summed E-state index contributed by atoms with van der Waals surface area (Å²) in [7, 11) is 1.56. The van der Waals surface area contributed by atoms with Gasteiger partial charge in [0.15, 0.2) is 16.7 Å². The summed E-state index contributed by atoms with van der Waals surface area (Å²) in [6.07, 6.45) is 1.83. The molecule has 1 heterocycles. The van der Waals surface area contributed by atoms with Crippen LogP contribution in [0.4, 0.5) is 5.69 Å². The first-order chi connectivity index (χ1) is 18.9. The van der Waals surface area contributed by atoms with E-state index < -0.39 is 5.97 Å². The number of thioether (sulfide) groups is 1. The van der Waals surface area contributed by atoms with E-state index in [9.17, 15) is 9.59 Å². The maximum atomic E-state index is 13.3. The number of nitrogens with zero attached hydrogens (tertiary/aromatic N) is 2. The summed E-state index contributed by atoms with van der Waals surface area (Å²) in [6.45, 7) is 3.56. The van der Waals surface area contributed by atoms with Crippen LogP contribution < -0.4 is 9.47 Å². The molecule has 1 saturated heterocycles. The molecule has 1 aliphatic heterocycles. The minimum Gasteiger partial charge on any atom is -0.493 e. The molecule has 10 heteroatoms. The number of aromatic carboxylic acids is 1. The fraction of sp³-hybridized carbons (Fsp3) is 0.207. The third-order valence-corrected chi connectivity index (χ3v) is 7.47. The van der Waals surface area contributed by atoms with Gasteiger partial charge in [0.1, 0.15) is 6.61 Å². The lowest BCUT2D eigenvalue weighted by atomic mass is 10.1. The van der Waals surface area contributed by atoms with Gasteiger partial charge in [-0.05, 0) is 94.9 Å². The van der Waals surface area contributed by atoms with Crippen molar-refractivity contribution in [1.29, 1.82) is 0 Å². The molecule has 1 amide bonds. The Morgan fingerprint density at radius 1 is 1.13 bits per heavy atom. The summed E-state index contributed by atoms with van der Waals surface area (Å²) in [5.74, 6) is -0.0120. The number of carboxylic acid groups (broad SMARTS) is 1. The number of carbonyl (C=O) groups is 2. The normalized spacial score (nSPS) is 15.3. The van der Waals surface area contributed by atoms with E-state index in [1.165, 1.54) is 11.8 Å². The molecule has 8 nitrogen and oxygen atoms in total. The number of ether oxygens (including phenoxy) is 3. The van der Waals surface area contributed by atoms with Crippen molar-refractivity contribution in [1.82, 2.24) is 4.90 Å². The number of hydrogen-bond donors (Lipinski definition) is 1. The van der Waals surface area contributed by atoms with E-state index in [1.54, 1.807) is 36.3 Å². The summed E-state index contributed by atoms with van der Waals surface area (Å²) in [5, 5.41) is 9.69. The van der Waals surface area contributed by atoms with Gasteiger partial charge in [-0.25, -0.2) is 9.79 Å². The van der Waals surface area contributed by atoms with Crippen LogP contribution in [-0.4, -0.2) is 53.9 Å². The summed E-state index contributed by atoms with van der Waals surface area (Å²) in [5.41, 5.74) is 2.60. The maximum absolute atomic E-state index is 13.3. The number of para-hydroxylation sites is 1. The van der Waals surface area contributed by atoms with Crippen molar-refractivity contribution >= 4 is 63.2 Å². The standard InChI is InChI=1S/C29H27IN2O6S/c1-3-37-14-13-32-27(33)25(39-29(32)31-22-7-5-4-6-8-22)17-20-15-23(30)26(24(16-20)36-2)38-18-19-9-11-21(12-10-19)28(34)35/h4-12,15-17H,3,13-14,18H2,1-2H3,(H,34,35)/b25-17-,31-29?. The lowest BCUT2D eigenvalue weighted by Gasteiger charge is -2.15. The predicted octanol–water partition coefficient (Wildman–Crippen LogP) is 6.22. The lowest BCUT2D eigenvalue weighted by Crippen LogP contribution is -2.32. The molecule has 0 saturated carbocycles. The highest BCUT2D eigenvalue weighted by Gasteiger charge is 2.33. The van der Waals surface area contributed by atoms with E-state index in [4.69, 9.17) is 24.3 Å². The van der Waals surface area contributed by atoms with Crippen LogP contribution >= 0.6 is 34.4 Å². The molecular weight excluding hydrogens is 631 g/mol. The van der Waals surface area contributed by atoms with Crippen LogP contribution in [0.15, 0.2) is 76.6 Å². The third-order valence-electron chi connectivity index (χ3n) is 5.67. The van der Waals surface area contributed by atoms with Gasteiger partial charge in [-0.15, -0.1) is 0 Å². The van der Waals surface area contributed by atoms with Gasteiger partial charge in [-0.1, -0.05) is 30.3 Å². The van der Waals surface area contributed by atoms with Gasteiger partial charge < -0.3 is 19.3 Å². The molecule has 0 aliphatic carbocycles. The molecule has 0 radical (unpaired) electrons. The monoisotopic (exact) mass is 658 g/mol. The van der Waals surface area contributed by atoms with Crippen LogP contribution in [0.1, 0.15) is 28.4 Å². The van der Waals surface area contributed by atoms with E-state index in [-0.39, 0.29) is 18.1 Å². The Labute approximate surface area is 244 Å². The summed E-state index contributed by atoms with van der Waals surface area (Å²) < 4.78 is 17.9. The van der Waals surface area contributed by atoms with Crippen LogP contribution in [0.2, 0.25) is 0 Å². The highest BCUT2D eigenvalue weighted by Crippen LogP contribution is 2.38. The number of amidine groups is 1. The second kappa shape index (κ2) is 13.6. The van der Waals surface area contributed by atoms with Crippen LogP contribution in [0.25, 0.3) is 6.08 Å². The van der Waals surface area contributed by atoms with Gasteiger partial charge in [-0.3, -0.25) is 9.69 Å². The second-order valence-electron chi connectivity index (χ2n) is 8.32. The molecule has 4 rings (SSSR count). The first-order valence-corrected chi connectivity index (χ1v) is 14.0. The minimum absolute atomic E-state index is 0.131. The van der Waals surface area contributed by atoms with Crippen molar-refractivity contribution in [3.8, 4) is 11.5 Å². The summed E-state index contributed by atoms with van der Waals surface area (Å²) in [4.78, 5) is 31.3. The number of halogens is 1. The Bertz CT molecular complexity index is 1390. The largest absolute Gasteiger partial charge is 0.493 e. The zero-order valence-electron chi connectivity index (χ0n) is 21.4. The number of carbonyl (C=O) groups excluding carboxylic acids is 1. The molecule has 3 aromatic carbocycles. The Balaban J connectivity index is 1.56. The van der Waals surface area contributed by atoms with E-state index >= 15 is 0 Å². The van der Waals surface area contributed by atoms with E-state index in [1.807, 2.05) is 55.5 Å². The summed E-state index contributed by atoms with van der Waals surface area (Å²) >= 11 is 3.50. The van der Waals surface area contributed by atoms with Crippen molar-refractivity contribution in [2.45, 2.75) is 13.5 Å². The maximum Gasteiger partial charge on any atom is 0.335 e. The van der Waals surface area contributed by atoms with Crippen molar-refractivity contribution < 1.29 is 28.9 Å². The highest BCUT2D eigenvalue weighted by atomic mass is 127. The minimum atomic E-state index is -0.974. The predicted molar refractivity (Wildman–Crippen MR) is 161 cm³/mol. The molecule has 3 aromatic rings. The lowest BCUT2D eigenvalue weighted by molar-refractivity contribution is -0.122. The van der Waals surface area contributed by atoms with Crippen molar-refractivity contribution in [3.63, 3.8) is 0 Å². The number of carboxylic acids is 1. The molecule has 202 valence electrons. The Hall–Kier alpha value is -3.35. The van der Waals surface area contributed by atoms with E-state index in [2.05, 4.69) is 22.6 Å². The van der Waals surface area contributed by atoms with Gasteiger partial charge in [0, 0.05) is 6.61 Å². The number of methoxy groups -OCH3 is 1. The van der Waals surface area contributed by atoms with Gasteiger partial charge in [0.25, 0.3) is 5.91 Å². The molecule has 0 aromatic heterocycles. The van der Waals surface area contributed by atoms with Crippen molar-refractivity contribution in [3.05, 3.63) is 91.9 Å². The Morgan fingerprint density at radius 2 is 1.87 bits per heavy atom. The van der Waals surface area contributed by atoms with Crippen molar-refractivity contribution in [2.24, 2.45) is 4.99 Å². The average Bonchev–Trinajstić information content (AvgIpc) is 3.22. The van der Waals surface area contributed by atoms with E-state index in [0.29, 0.717) is 41.3 Å². The zero-order valence-corrected chi connectivity index (χ0v) is 24.4. The molecule has 0 unspecified atom stereocenters. The van der Waals surface area contributed by atoms with E-state index in [0.717, 1.165) is 20.4 Å². The molecule has 1 N–H and O–H groups in total. The number of aliphatic imine (C=N–C) groups is 1. The first kappa shape index (κ1) is 28.7.